The van der Waals surface area contributed by atoms with Crippen LogP contribution >= 0.6 is 0 Å². The number of nitrogens with zero attached hydrogens (tertiary/aromatic N) is 1. The van der Waals surface area contributed by atoms with E-state index in [4.69, 9.17) is 0 Å². The Hall–Kier alpha value is -1.06. The van der Waals surface area contributed by atoms with Gasteiger partial charge >= 0.3 is 0 Å². The van der Waals surface area contributed by atoms with Gasteiger partial charge in [-0.1, -0.05) is 18.2 Å². The maximum Gasteiger partial charge on any atom is 0.0636 e. The molecule has 0 aromatic heterocycles. The van der Waals surface area contributed by atoms with Crippen LogP contribution in [-0.4, -0.2) is 36.9 Å². The van der Waals surface area contributed by atoms with Gasteiger partial charge in [-0.05, 0) is 25.8 Å². The molecular formula is C14H21N2O. The lowest BCUT2D eigenvalue weighted by Crippen LogP contribution is -2.44. The lowest BCUT2D eigenvalue weighted by molar-refractivity contribution is 0.183. The highest BCUT2D eigenvalue weighted by atomic mass is 16.3. The zero-order valence-electron chi connectivity index (χ0n) is 10.4. The number of piperidine rings is 1. The average molecular weight is 233 g/mol. The van der Waals surface area contributed by atoms with E-state index in [1.165, 1.54) is 5.69 Å². The zero-order chi connectivity index (χ0) is 12.1. The lowest BCUT2D eigenvalue weighted by Gasteiger charge is -2.34. The maximum absolute atomic E-state index is 9.24. The van der Waals surface area contributed by atoms with Crippen LogP contribution < -0.4 is 10.2 Å². The van der Waals surface area contributed by atoms with E-state index in [1.807, 2.05) is 19.1 Å². The molecule has 1 fully saturated rings. The van der Waals surface area contributed by atoms with E-state index in [1.54, 1.807) is 0 Å². The number of hydrogen-bond acceptors (Lipinski definition) is 3. The Morgan fingerprint density at radius 3 is 2.82 bits per heavy atom. The van der Waals surface area contributed by atoms with Crippen molar-refractivity contribution in [3.63, 3.8) is 0 Å². The van der Waals surface area contributed by atoms with Crippen LogP contribution in [0.25, 0.3) is 0 Å². The Morgan fingerprint density at radius 2 is 2.24 bits per heavy atom. The highest BCUT2D eigenvalue weighted by Gasteiger charge is 2.18. The quantitative estimate of drug-likeness (QED) is 0.826. The van der Waals surface area contributed by atoms with E-state index in [0.29, 0.717) is 12.6 Å². The van der Waals surface area contributed by atoms with Gasteiger partial charge in [-0.15, -0.1) is 0 Å². The van der Waals surface area contributed by atoms with Crippen molar-refractivity contribution in [2.75, 3.05) is 24.5 Å². The third-order valence-corrected chi connectivity index (χ3v) is 3.23. The van der Waals surface area contributed by atoms with Crippen molar-refractivity contribution in [1.82, 2.24) is 5.32 Å². The number of nitrogens with one attached hydrogen (secondary N) is 1. The number of hydrogen-bond donors (Lipinski definition) is 2. The molecule has 1 aliphatic heterocycles. The fourth-order valence-corrected chi connectivity index (χ4v) is 2.24. The maximum atomic E-state index is 9.24. The van der Waals surface area contributed by atoms with Crippen LogP contribution in [-0.2, 0) is 0 Å². The molecule has 1 heterocycles. The Balaban J connectivity index is 1.78. The van der Waals surface area contributed by atoms with Gasteiger partial charge < -0.3 is 15.3 Å². The molecule has 0 aliphatic carbocycles. The third-order valence-electron chi connectivity index (χ3n) is 3.23. The Kier molecular flexibility index (Phi) is 4.40. The molecule has 17 heavy (non-hydrogen) atoms. The van der Waals surface area contributed by atoms with Crippen molar-refractivity contribution in [2.45, 2.75) is 31.9 Å². The van der Waals surface area contributed by atoms with Gasteiger partial charge in [-0.25, -0.2) is 0 Å². The summed E-state index contributed by atoms with van der Waals surface area (Å²) in [6.07, 6.45) is 2.01. The normalized spacial score (nSPS) is 19.3. The van der Waals surface area contributed by atoms with Crippen molar-refractivity contribution in [2.24, 2.45) is 0 Å². The van der Waals surface area contributed by atoms with Crippen LogP contribution in [0.2, 0.25) is 0 Å². The molecule has 3 heteroatoms. The molecule has 3 nitrogen and oxygen atoms in total. The molecule has 1 aromatic rings. The van der Waals surface area contributed by atoms with E-state index in [0.717, 1.165) is 25.9 Å². The van der Waals surface area contributed by atoms with Gasteiger partial charge in [0.05, 0.1) is 6.10 Å². The first-order valence-electron chi connectivity index (χ1n) is 6.39. The largest absolute Gasteiger partial charge is 0.392 e. The van der Waals surface area contributed by atoms with Gasteiger partial charge in [0.15, 0.2) is 0 Å². The van der Waals surface area contributed by atoms with Crippen LogP contribution in [0.1, 0.15) is 19.8 Å². The summed E-state index contributed by atoms with van der Waals surface area (Å²) in [5.41, 5.74) is 1.20. The minimum Gasteiger partial charge on any atom is -0.392 e. The molecule has 0 amide bonds. The van der Waals surface area contributed by atoms with Gasteiger partial charge in [0.25, 0.3) is 0 Å². The number of rotatable bonds is 4. The van der Waals surface area contributed by atoms with E-state index in [-0.39, 0.29) is 6.10 Å². The Bertz CT molecular complexity index is 318. The van der Waals surface area contributed by atoms with Crippen molar-refractivity contribution in [3.8, 4) is 0 Å². The minimum absolute atomic E-state index is 0.254. The van der Waals surface area contributed by atoms with Gasteiger partial charge in [-0.3, -0.25) is 0 Å². The topological polar surface area (TPSA) is 35.5 Å². The Morgan fingerprint density at radius 1 is 1.47 bits per heavy atom. The summed E-state index contributed by atoms with van der Waals surface area (Å²) in [5, 5.41) is 12.6. The lowest BCUT2D eigenvalue weighted by atomic mass is 10.0. The molecular weight excluding hydrogens is 212 g/mol. The smallest absolute Gasteiger partial charge is 0.0636 e. The molecule has 1 unspecified atom stereocenters. The van der Waals surface area contributed by atoms with E-state index in [2.05, 4.69) is 28.4 Å². The molecule has 1 aromatic carbocycles. The second kappa shape index (κ2) is 6.03. The summed E-state index contributed by atoms with van der Waals surface area (Å²) in [7, 11) is 0. The first-order valence-corrected chi connectivity index (χ1v) is 6.39. The van der Waals surface area contributed by atoms with Crippen LogP contribution in [0.3, 0.4) is 0 Å². The summed E-state index contributed by atoms with van der Waals surface area (Å²) in [4.78, 5) is 2.38. The Labute approximate surface area is 103 Å². The first kappa shape index (κ1) is 12.4. The molecule has 0 saturated carbocycles. The highest BCUT2D eigenvalue weighted by Crippen LogP contribution is 2.18. The molecule has 0 bridgehead atoms. The number of aliphatic hydroxyl groups excluding tert-OH is 1. The number of para-hydroxylation sites is 1. The summed E-state index contributed by atoms with van der Waals surface area (Å²) < 4.78 is 0. The first-order chi connectivity index (χ1) is 8.25. The standard InChI is InChI=1S/C14H21N2O/c1-12(17)11-15-13-7-9-16(10-8-13)14-5-3-2-4-6-14/h2-5,12-13,15,17H,7-11H2,1H3. The van der Waals surface area contributed by atoms with Gasteiger partial charge in [0, 0.05) is 37.4 Å². The second-order valence-corrected chi connectivity index (χ2v) is 4.77. The molecule has 2 rings (SSSR count). The molecule has 2 N–H and O–H groups in total. The van der Waals surface area contributed by atoms with Crippen molar-refractivity contribution in [1.29, 1.82) is 0 Å². The third kappa shape index (κ3) is 3.72. The summed E-state index contributed by atoms with van der Waals surface area (Å²) in [6, 6.07) is 12.0. The molecule has 1 aliphatic rings. The van der Waals surface area contributed by atoms with Crippen LogP contribution in [0, 0.1) is 6.07 Å². The minimum atomic E-state index is -0.254. The predicted octanol–water partition coefficient (Wildman–Crippen LogP) is 1.43. The fraction of sp³-hybridized carbons (Fsp3) is 0.571. The summed E-state index contributed by atoms with van der Waals surface area (Å²) in [5.74, 6) is 0. The monoisotopic (exact) mass is 233 g/mol. The highest BCUT2D eigenvalue weighted by molar-refractivity contribution is 5.45. The van der Waals surface area contributed by atoms with E-state index in [9.17, 15) is 5.11 Å². The number of anilines is 1. The number of benzene rings is 1. The fourth-order valence-electron chi connectivity index (χ4n) is 2.24. The average Bonchev–Trinajstić information content (AvgIpc) is 2.38. The summed E-state index contributed by atoms with van der Waals surface area (Å²) in [6.45, 7) is 4.65. The summed E-state index contributed by atoms with van der Waals surface area (Å²) >= 11 is 0. The van der Waals surface area contributed by atoms with Gasteiger partial charge in [0.1, 0.15) is 0 Å². The van der Waals surface area contributed by atoms with Crippen LogP contribution in [0.5, 0.6) is 0 Å². The van der Waals surface area contributed by atoms with E-state index >= 15 is 0 Å². The van der Waals surface area contributed by atoms with Gasteiger partial charge in [-0.2, -0.15) is 0 Å². The predicted molar refractivity (Wildman–Crippen MR) is 70.2 cm³/mol. The van der Waals surface area contributed by atoms with Crippen LogP contribution in [0.15, 0.2) is 24.3 Å². The van der Waals surface area contributed by atoms with Crippen molar-refractivity contribution in [3.05, 3.63) is 30.3 Å². The zero-order valence-corrected chi connectivity index (χ0v) is 10.4. The molecule has 1 radical (unpaired) electrons. The van der Waals surface area contributed by atoms with Crippen molar-refractivity contribution >= 4 is 5.69 Å². The SMILES string of the molecule is CC(O)CNC1CCN(c2[c]cccc2)CC1. The van der Waals surface area contributed by atoms with Crippen molar-refractivity contribution < 1.29 is 5.11 Å². The number of aliphatic hydroxyl groups is 1. The molecule has 1 saturated heterocycles. The molecule has 0 spiro atoms. The molecule has 93 valence electrons. The second-order valence-electron chi connectivity index (χ2n) is 4.77. The van der Waals surface area contributed by atoms with Gasteiger partial charge in [0.2, 0.25) is 0 Å². The van der Waals surface area contributed by atoms with Crippen LogP contribution in [0.4, 0.5) is 5.69 Å². The van der Waals surface area contributed by atoms with E-state index < -0.39 is 0 Å². The molecule has 1 atom stereocenters.